The highest BCUT2D eigenvalue weighted by Gasteiger charge is 2.28. The third-order valence-corrected chi connectivity index (χ3v) is 7.04. The van der Waals surface area contributed by atoms with E-state index in [1.54, 1.807) is 7.11 Å². The molecule has 0 radical (unpaired) electrons. The van der Waals surface area contributed by atoms with Gasteiger partial charge in [0.2, 0.25) is 0 Å². The van der Waals surface area contributed by atoms with E-state index in [0.717, 1.165) is 24.7 Å². The van der Waals surface area contributed by atoms with Crippen LogP contribution in [0.4, 0.5) is 0 Å². The third kappa shape index (κ3) is 5.14. The Kier molecular flexibility index (Phi) is 6.53. The standard InChI is InChI=1S/C12H26O2Si/c1-11(2)10-15(14-9-8-13-3)12-6-4-5-7-12/h11-12,15H,4-10H2,1-3H3. The second kappa shape index (κ2) is 7.42. The lowest BCUT2D eigenvalue weighted by molar-refractivity contribution is 0.143. The fraction of sp³-hybridized carbons (Fsp3) is 1.00. The van der Waals surface area contributed by atoms with Crippen LogP contribution in [-0.4, -0.2) is 29.4 Å². The maximum atomic E-state index is 6.09. The van der Waals surface area contributed by atoms with Crippen LogP contribution >= 0.6 is 0 Å². The minimum Gasteiger partial charge on any atom is -0.417 e. The lowest BCUT2D eigenvalue weighted by Gasteiger charge is -2.23. The lowest BCUT2D eigenvalue weighted by atomic mass is 10.3. The van der Waals surface area contributed by atoms with Gasteiger partial charge in [-0.3, -0.25) is 0 Å². The van der Waals surface area contributed by atoms with Gasteiger partial charge in [-0.25, -0.2) is 0 Å². The number of rotatable bonds is 7. The number of hydrogen-bond acceptors (Lipinski definition) is 2. The molecule has 0 amide bonds. The van der Waals surface area contributed by atoms with Crippen molar-refractivity contribution in [3.63, 3.8) is 0 Å². The Hall–Kier alpha value is 0.137. The maximum absolute atomic E-state index is 6.09. The fourth-order valence-corrected chi connectivity index (χ4v) is 5.81. The molecular formula is C12H26O2Si. The van der Waals surface area contributed by atoms with E-state index >= 15 is 0 Å². The van der Waals surface area contributed by atoms with E-state index in [4.69, 9.17) is 9.16 Å². The molecule has 1 unspecified atom stereocenters. The molecule has 0 spiro atoms. The summed E-state index contributed by atoms with van der Waals surface area (Å²) in [7, 11) is 0.792. The van der Waals surface area contributed by atoms with Gasteiger partial charge in [0.15, 0.2) is 9.04 Å². The molecule has 0 aromatic heterocycles. The van der Waals surface area contributed by atoms with E-state index in [2.05, 4.69) is 13.8 Å². The third-order valence-electron chi connectivity index (χ3n) is 3.25. The SMILES string of the molecule is COCCO[SiH](CC(C)C)C1CCCC1. The van der Waals surface area contributed by atoms with Gasteiger partial charge in [0.05, 0.1) is 13.2 Å². The quantitative estimate of drug-likeness (QED) is 0.494. The van der Waals surface area contributed by atoms with Gasteiger partial charge < -0.3 is 9.16 Å². The predicted octanol–water partition coefficient (Wildman–Crippen LogP) is 2.97. The van der Waals surface area contributed by atoms with Gasteiger partial charge in [0.25, 0.3) is 0 Å². The summed E-state index contributed by atoms with van der Waals surface area (Å²) in [5.41, 5.74) is 0.948. The molecule has 2 nitrogen and oxygen atoms in total. The normalized spacial score (nSPS) is 20.0. The Balaban J connectivity index is 2.30. The second-order valence-corrected chi connectivity index (χ2v) is 7.90. The van der Waals surface area contributed by atoms with Crippen LogP contribution in [0.1, 0.15) is 39.5 Å². The van der Waals surface area contributed by atoms with E-state index in [-0.39, 0.29) is 0 Å². The van der Waals surface area contributed by atoms with Crippen LogP contribution in [0.2, 0.25) is 11.6 Å². The molecule has 0 aliphatic heterocycles. The number of hydrogen-bond donors (Lipinski definition) is 0. The minimum absolute atomic E-state index is 0.758. The number of ether oxygens (including phenoxy) is 1. The summed E-state index contributed by atoms with van der Waals surface area (Å²) < 4.78 is 11.1. The molecule has 0 aromatic carbocycles. The Morgan fingerprint density at radius 3 is 2.40 bits per heavy atom. The first kappa shape index (κ1) is 13.2. The van der Waals surface area contributed by atoms with Crippen molar-refractivity contribution >= 4 is 9.04 Å². The van der Waals surface area contributed by atoms with Crippen molar-refractivity contribution in [2.75, 3.05) is 20.3 Å². The molecule has 1 aliphatic carbocycles. The van der Waals surface area contributed by atoms with Crippen molar-refractivity contribution in [3.8, 4) is 0 Å². The molecule has 0 saturated heterocycles. The van der Waals surface area contributed by atoms with Gasteiger partial charge in [-0.2, -0.15) is 0 Å². The molecule has 90 valence electrons. The van der Waals surface area contributed by atoms with Crippen molar-refractivity contribution in [2.45, 2.75) is 51.1 Å². The zero-order chi connectivity index (χ0) is 11.1. The zero-order valence-electron chi connectivity index (χ0n) is 10.5. The Morgan fingerprint density at radius 1 is 1.20 bits per heavy atom. The van der Waals surface area contributed by atoms with Crippen molar-refractivity contribution < 1.29 is 9.16 Å². The molecule has 0 bridgehead atoms. The number of methoxy groups -OCH3 is 1. The van der Waals surface area contributed by atoms with E-state index in [9.17, 15) is 0 Å². The topological polar surface area (TPSA) is 18.5 Å². The fourth-order valence-electron chi connectivity index (χ4n) is 2.47. The van der Waals surface area contributed by atoms with E-state index in [1.807, 2.05) is 0 Å². The molecule has 1 fully saturated rings. The van der Waals surface area contributed by atoms with Crippen LogP contribution in [0.5, 0.6) is 0 Å². The average molecular weight is 230 g/mol. The molecule has 0 N–H and O–H groups in total. The predicted molar refractivity (Wildman–Crippen MR) is 66.8 cm³/mol. The molecule has 1 rings (SSSR count). The highest BCUT2D eigenvalue weighted by Crippen LogP contribution is 2.35. The summed E-state index contributed by atoms with van der Waals surface area (Å²) >= 11 is 0. The van der Waals surface area contributed by atoms with E-state index < -0.39 is 9.04 Å². The molecule has 15 heavy (non-hydrogen) atoms. The molecule has 3 heteroatoms. The monoisotopic (exact) mass is 230 g/mol. The molecule has 1 atom stereocenters. The van der Waals surface area contributed by atoms with Crippen molar-refractivity contribution in [3.05, 3.63) is 0 Å². The van der Waals surface area contributed by atoms with Gasteiger partial charge in [-0.15, -0.1) is 0 Å². The molecular weight excluding hydrogens is 204 g/mol. The highest BCUT2D eigenvalue weighted by atomic mass is 28.3. The first-order valence-electron chi connectivity index (χ1n) is 6.34. The van der Waals surface area contributed by atoms with Crippen LogP contribution in [0.15, 0.2) is 0 Å². The lowest BCUT2D eigenvalue weighted by Crippen LogP contribution is -2.27. The molecule has 1 saturated carbocycles. The summed E-state index contributed by atoms with van der Waals surface area (Å²) in [5.74, 6) is 0.796. The first-order valence-corrected chi connectivity index (χ1v) is 8.30. The Bertz CT molecular complexity index is 156. The van der Waals surface area contributed by atoms with Crippen LogP contribution < -0.4 is 0 Å². The van der Waals surface area contributed by atoms with Gasteiger partial charge >= 0.3 is 0 Å². The van der Waals surface area contributed by atoms with Gasteiger partial charge in [-0.05, 0) is 17.5 Å². The Labute approximate surface area is 96.1 Å². The van der Waals surface area contributed by atoms with Crippen LogP contribution in [0.25, 0.3) is 0 Å². The Morgan fingerprint density at radius 2 is 1.87 bits per heavy atom. The largest absolute Gasteiger partial charge is 0.417 e. The summed E-state index contributed by atoms with van der Waals surface area (Å²) in [6.07, 6.45) is 5.72. The average Bonchev–Trinajstić information content (AvgIpc) is 2.68. The molecule has 1 aliphatic rings. The van der Waals surface area contributed by atoms with Crippen LogP contribution in [0, 0.1) is 5.92 Å². The highest BCUT2D eigenvalue weighted by molar-refractivity contribution is 6.53. The van der Waals surface area contributed by atoms with Gasteiger partial charge in [-0.1, -0.05) is 39.5 Å². The van der Waals surface area contributed by atoms with Crippen molar-refractivity contribution in [1.82, 2.24) is 0 Å². The molecule has 0 heterocycles. The van der Waals surface area contributed by atoms with Gasteiger partial charge in [0, 0.05) is 7.11 Å². The summed E-state index contributed by atoms with van der Waals surface area (Å²) in [4.78, 5) is 0. The minimum atomic E-state index is -0.956. The summed E-state index contributed by atoms with van der Waals surface area (Å²) in [5, 5.41) is 0. The van der Waals surface area contributed by atoms with Crippen molar-refractivity contribution in [1.29, 1.82) is 0 Å². The second-order valence-electron chi connectivity index (χ2n) is 5.08. The van der Waals surface area contributed by atoms with Crippen LogP contribution in [0.3, 0.4) is 0 Å². The van der Waals surface area contributed by atoms with Crippen molar-refractivity contribution in [2.24, 2.45) is 5.92 Å². The maximum Gasteiger partial charge on any atom is 0.180 e. The van der Waals surface area contributed by atoms with E-state index in [1.165, 1.54) is 31.7 Å². The summed E-state index contributed by atoms with van der Waals surface area (Å²) in [6.45, 7) is 6.20. The van der Waals surface area contributed by atoms with Crippen LogP contribution in [-0.2, 0) is 9.16 Å². The summed E-state index contributed by atoms with van der Waals surface area (Å²) in [6, 6.07) is 1.34. The zero-order valence-corrected chi connectivity index (χ0v) is 11.7. The molecule has 0 aromatic rings. The first-order chi connectivity index (χ1) is 7.24. The smallest absolute Gasteiger partial charge is 0.180 e. The van der Waals surface area contributed by atoms with E-state index in [0.29, 0.717) is 0 Å². The van der Waals surface area contributed by atoms with Gasteiger partial charge in [0.1, 0.15) is 0 Å².